The van der Waals surface area contributed by atoms with Gasteiger partial charge < -0.3 is 35.6 Å². The third-order valence-electron chi connectivity index (χ3n) is 3.24. The number of hydrogen-bond donors (Lipinski definition) is 7. The van der Waals surface area contributed by atoms with E-state index in [1.54, 1.807) is 0 Å². The first-order valence-corrected chi connectivity index (χ1v) is 7.83. The highest BCUT2D eigenvalue weighted by atomic mass is 31.1. The van der Waals surface area contributed by atoms with Crippen molar-refractivity contribution in [3.63, 3.8) is 0 Å². The lowest BCUT2D eigenvalue weighted by atomic mass is 10.1. The minimum atomic E-state index is -3.13. The molecule has 3 rings (SSSR count). The van der Waals surface area contributed by atoms with Crippen molar-refractivity contribution < 1.29 is 34.4 Å². The maximum absolute atomic E-state index is 11.7. The van der Waals surface area contributed by atoms with Gasteiger partial charge in [0.15, 0.2) is 17.4 Å². The fourth-order valence-corrected chi connectivity index (χ4v) is 2.24. The summed E-state index contributed by atoms with van der Waals surface area (Å²) in [6, 6.07) is 0. The summed E-state index contributed by atoms with van der Waals surface area (Å²) in [5.41, 5.74) is 5.12. The summed E-state index contributed by atoms with van der Waals surface area (Å²) in [4.78, 5) is 36.1. The minimum Gasteiger partial charge on any atom is -0.394 e. The van der Waals surface area contributed by atoms with Gasteiger partial charge in [-0.15, -0.1) is 0 Å². The number of nitrogens with zero attached hydrogens (tertiary/aromatic N) is 3. The van der Waals surface area contributed by atoms with E-state index >= 15 is 0 Å². The van der Waals surface area contributed by atoms with Crippen LogP contribution in [0.15, 0.2) is 11.1 Å². The molecule has 134 valence electrons. The Morgan fingerprint density at radius 2 is 2.00 bits per heavy atom. The molecule has 2 aromatic rings. The number of aliphatic hydroxyl groups excluding tert-OH is 3. The van der Waals surface area contributed by atoms with Crippen LogP contribution >= 0.6 is 8.25 Å². The van der Waals surface area contributed by atoms with E-state index in [2.05, 4.69) is 15.0 Å². The van der Waals surface area contributed by atoms with E-state index in [0.29, 0.717) is 0 Å². The Morgan fingerprint density at radius 1 is 1.38 bits per heavy atom. The molecule has 0 aromatic carbocycles. The van der Waals surface area contributed by atoms with Gasteiger partial charge in [-0.2, -0.15) is 4.98 Å². The van der Waals surface area contributed by atoms with Gasteiger partial charge in [0.1, 0.15) is 18.3 Å². The Hall–Kier alpha value is -1.86. The first-order chi connectivity index (χ1) is 11.3. The molecule has 3 heterocycles. The lowest BCUT2D eigenvalue weighted by molar-refractivity contribution is -0.0511. The first kappa shape index (κ1) is 18.5. The molecule has 0 spiro atoms. The second kappa shape index (κ2) is 7.36. The first-order valence-electron chi connectivity index (χ1n) is 6.53. The van der Waals surface area contributed by atoms with E-state index in [9.17, 15) is 15.0 Å². The predicted octanol–water partition coefficient (Wildman–Crippen LogP) is -3.33. The van der Waals surface area contributed by atoms with Crippen LogP contribution in [-0.4, -0.2) is 69.5 Å². The molecule has 0 saturated carbocycles. The Morgan fingerprint density at radius 3 is 2.54 bits per heavy atom. The number of aliphatic hydroxyl groups is 3. The molecule has 1 aliphatic heterocycles. The number of anilines is 1. The maximum atomic E-state index is 11.7. The SMILES string of the molecule is Nc1nc2c(ncn2[C@@H]2O[C@H](CO)[C@@H](O)[C@H]2O)c(=O)[nH]1.O=[PH](O)O. The number of aromatic nitrogens is 4. The number of hydrogen-bond acceptors (Lipinski definition) is 9. The quantitative estimate of drug-likeness (QED) is 0.261. The number of ether oxygens (including phenoxy) is 1. The Bertz CT molecular complexity index is 789. The van der Waals surface area contributed by atoms with Gasteiger partial charge in [-0.1, -0.05) is 0 Å². The highest BCUT2D eigenvalue weighted by Gasteiger charge is 2.44. The smallest absolute Gasteiger partial charge is 0.314 e. The number of aromatic amines is 1. The van der Waals surface area contributed by atoms with E-state index in [1.165, 1.54) is 10.9 Å². The molecule has 4 atom stereocenters. The molecule has 0 bridgehead atoms. The molecule has 14 heteroatoms. The van der Waals surface area contributed by atoms with Gasteiger partial charge in [0, 0.05) is 0 Å². The highest BCUT2D eigenvalue weighted by Crippen LogP contribution is 2.30. The highest BCUT2D eigenvalue weighted by molar-refractivity contribution is 7.30. The predicted molar refractivity (Wildman–Crippen MR) is 79.0 cm³/mol. The minimum absolute atomic E-state index is 0.0388. The van der Waals surface area contributed by atoms with Crippen LogP contribution in [0.4, 0.5) is 5.95 Å². The largest absolute Gasteiger partial charge is 0.394 e. The molecule has 8 N–H and O–H groups in total. The third-order valence-corrected chi connectivity index (χ3v) is 3.24. The van der Waals surface area contributed by atoms with Crippen molar-refractivity contribution in [2.24, 2.45) is 0 Å². The summed E-state index contributed by atoms with van der Waals surface area (Å²) in [7, 11) is -3.13. The number of fused-ring (bicyclic) bond motifs is 1. The maximum Gasteiger partial charge on any atom is 0.314 e. The topological polar surface area (TPSA) is 217 Å². The molecule has 24 heavy (non-hydrogen) atoms. The van der Waals surface area contributed by atoms with E-state index < -0.39 is 45.0 Å². The van der Waals surface area contributed by atoms with Crippen LogP contribution in [0.3, 0.4) is 0 Å². The number of imidazole rings is 1. The number of nitrogen functional groups attached to an aromatic ring is 1. The Labute approximate surface area is 133 Å². The van der Waals surface area contributed by atoms with Gasteiger partial charge in [-0.3, -0.25) is 18.9 Å². The van der Waals surface area contributed by atoms with Gasteiger partial charge in [0.2, 0.25) is 5.95 Å². The van der Waals surface area contributed by atoms with Crippen molar-refractivity contribution in [1.82, 2.24) is 19.5 Å². The normalized spacial score (nSPS) is 26.6. The average molecular weight is 365 g/mol. The summed E-state index contributed by atoms with van der Waals surface area (Å²) in [5.74, 6) is -0.101. The number of rotatable bonds is 2. The van der Waals surface area contributed by atoms with Crippen molar-refractivity contribution in [1.29, 1.82) is 0 Å². The van der Waals surface area contributed by atoms with Crippen LogP contribution in [0.1, 0.15) is 6.23 Å². The molecule has 0 unspecified atom stereocenters. The van der Waals surface area contributed by atoms with Crippen molar-refractivity contribution in [3.8, 4) is 0 Å². The second-order valence-corrected chi connectivity index (χ2v) is 5.35. The monoisotopic (exact) mass is 365 g/mol. The van der Waals surface area contributed by atoms with Crippen molar-refractivity contribution >= 4 is 25.4 Å². The summed E-state index contributed by atoms with van der Waals surface area (Å²) in [6.07, 6.45) is -3.21. The van der Waals surface area contributed by atoms with Crippen molar-refractivity contribution in [2.45, 2.75) is 24.5 Å². The standard InChI is InChI=1S/C10H13N5O5.H3O3P/c11-10-13-7-4(8(19)14-10)12-2-15(7)9-6(18)5(17)3(1-16)20-9;1-4(2)3/h2-3,5-6,9,16-18H,1H2,(H3,11,13,14,19);4H,(H2,1,2,3)/t3-,5-,6-,9-;/m1./s1. The molecule has 2 aromatic heterocycles. The van der Waals surface area contributed by atoms with Crippen LogP contribution in [0.25, 0.3) is 11.2 Å². The fourth-order valence-electron chi connectivity index (χ4n) is 2.24. The van der Waals surface area contributed by atoms with Crippen LogP contribution in [-0.2, 0) is 9.30 Å². The summed E-state index contributed by atoms with van der Waals surface area (Å²) in [5, 5.41) is 28.7. The zero-order valence-electron chi connectivity index (χ0n) is 12.0. The van der Waals surface area contributed by atoms with E-state index in [1.807, 2.05) is 0 Å². The lowest BCUT2D eigenvalue weighted by Gasteiger charge is -2.16. The van der Waals surface area contributed by atoms with Gasteiger partial charge in [0.05, 0.1) is 12.9 Å². The number of H-pyrrole nitrogens is 1. The number of nitrogens with two attached hydrogens (primary N) is 1. The zero-order chi connectivity index (χ0) is 18.0. The van der Waals surface area contributed by atoms with Crippen LogP contribution in [0.2, 0.25) is 0 Å². The second-order valence-electron chi connectivity index (χ2n) is 4.79. The van der Waals surface area contributed by atoms with Gasteiger partial charge >= 0.3 is 8.25 Å². The zero-order valence-corrected chi connectivity index (χ0v) is 13.0. The average Bonchev–Trinajstić information content (AvgIpc) is 3.01. The van der Waals surface area contributed by atoms with Crippen LogP contribution in [0, 0.1) is 0 Å². The Kier molecular flexibility index (Phi) is 5.66. The number of nitrogens with one attached hydrogen (secondary N) is 1. The molecular weight excluding hydrogens is 349 g/mol. The third kappa shape index (κ3) is 3.62. The molecule has 13 nitrogen and oxygen atoms in total. The van der Waals surface area contributed by atoms with Gasteiger partial charge in [-0.25, -0.2) is 4.98 Å². The summed E-state index contributed by atoms with van der Waals surface area (Å²) < 4.78 is 15.4. The van der Waals surface area contributed by atoms with Gasteiger partial charge in [-0.05, 0) is 0 Å². The molecule has 1 aliphatic rings. The van der Waals surface area contributed by atoms with Crippen molar-refractivity contribution in [2.75, 3.05) is 12.3 Å². The van der Waals surface area contributed by atoms with E-state index in [4.69, 9.17) is 29.9 Å². The van der Waals surface area contributed by atoms with Crippen molar-refractivity contribution in [3.05, 3.63) is 16.7 Å². The van der Waals surface area contributed by atoms with E-state index in [-0.39, 0.29) is 17.1 Å². The molecule has 1 fully saturated rings. The molecular formula is C10H16N5O8P. The van der Waals surface area contributed by atoms with E-state index in [0.717, 1.165) is 0 Å². The van der Waals surface area contributed by atoms with Crippen LogP contribution in [0.5, 0.6) is 0 Å². The Balaban J connectivity index is 0.000000471. The summed E-state index contributed by atoms with van der Waals surface area (Å²) in [6.45, 7) is -0.447. The molecule has 0 amide bonds. The fraction of sp³-hybridized carbons (Fsp3) is 0.500. The molecule has 1 saturated heterocycles. The lowest BCUT2D eigenvalue weighted by Crippen LogP contribution is -2.33. The molecule has 0 radical (unpaired) electrons. The molecule has 0 aliphatic carbocycles. The summed E-state index contributed by atoms with van der Waals surface area (Å²) >= 11 is 0. The van der Waals surface area contributed by atoms with Gasteiger partial charge in [0.25, 0.3) is 5.56 Å². The van der Waals surface area contributed by atoms with Crippen LogP contribution < -0.4 is 11.3 Å².